The molecule has 2 aromatic carbocycles. The average molecular weight is 458 g/mol. The standard InChI is InChI=1S/C25H19N3O4S/c1-32-25(31)19-6-2-4-17(14-19)8-9-18-5-3-7-20(15-18)27-22(29)10-12-28-16-26-23-21(24(28)30)11-13-33-23/h2-7,11,13-16H,10,12H2,1H3,(H,27,29). The first-order valence-electron chi connectivity index (χ1n) is 10.1. The van der Waals surface area contributed by atoms with Crippen molar-refractivity contribution in [1.82, 2.24) is 9.55 Å². The molecule has 0 radical (unpaired) electrons. The van der Waals surface area contributed by atoms with Crippen molar-refractivity contribution in [3.8, 4) is 11.8 Å². The number of thiophene rings is 1. The van der Waals surface area contributed by atoms with Crippen LogP contribution >= 0.6 is 11.3 Å². The van der Waals surface area contributed by atoms with Gasteiger partial charge < -0.3 is 10.1 Å². The second-order valence-corrected chi connectivity index (χ2v) is 7.98. The highest BCUT2D eigenvalue weighted by atomic mass is 32.1. The van der Waals surface area contributed by atoms with Crippen LogP contribution < -0.4 is 10.9 Å². The van der Waals surface area contributed by atoms with Gasteiger partial charge in [-0.05, 0) is 47.8 Å². The number of rotatable bonds is 5. The predicted octanol–water partition coefficient (Wildman–Crippen LogP) is 3.67. The lowest BCUT2D eigenvalue weighted by molar-refractivity contribution is -0.116. The predicted molar refractivity (Wildman–Crippen MR) is 127 cm³/mol. The molecule has 0 saturated carbocycles. The van der Waals surface area contributed by atoms with E-state index in [0.29, 0.717) is 32.6 Å². The third kappa shape index (κ3) is 5.34. The van der Waals surface area contributed by atoms with Gasteiger partial charge in [0.25, 0.3) is 5.56 Å². The largest absolute Gasteiger partial charge is 0.465 e. The molecule has 2 aromatic heterocycles. The Hall–Kier alpha value is -4.22. The summed E-state index contributed by atoms with van der Waals surface area (Å²) < 4.78 is 6.17. The van der Waals surface area contributed by atoms with Crippen LogP contribution in [0.15, 0.2) is 71.1 Å². The zero-order valence-corrected chi connectivity index (χ0v) is 18.5. The third-order valence-electron chi connectivity index (χ3n) is 4.81. The molecule has 0 atom stereocenters. The highest BCUT2D eigenvalue weighted by Gasteiger charge is 2.08. The van der Waals surface area contributed by atoms with E-state index >= 15 is 0 Å². The van der Waals surface area contributed by atoms with Crippen molar-refractivity contribution in [2.24, 2.45) is 0 Å². The number of hydrogen-bond acceptors (Lipinski definition) is 6. The Morgan fingerprint density at radius 1 is 1.09 bits per heavy atom. The maximum atomic E-state index is 12.4. The maximum absolute atomic E-state index is 12.4. The van der Waals surface area contributed by atoms with Crippen molar-refractivity contribution in [1.29, 1.82) is 0 Å². The van der Waals surface area contributed by atoms with E-state index in [1.807, 2.05) is 11.4 Å². The van der Waals surface area contributed by atoms with E-state index in [1.54, 1.807) is 48.5 Å². The van der Waals surface area contributed by atoms with Gasteiger partial charge >= 0.3 is 5.97 Å². The Labute approximate surface area is 193 Å². The number of carbonyl (C=O) groups is 2. The molecule has 2 heterocycles. The van der Waals surface area contributed by atoms with Crippen molar-refractivity contribution in [2.75, 3.05) is 12.4 Å². The number of amides is 1. The Morgan fingerprint density at radius 2 is 1.85 bits per heavy atom. The fraction of sp³-hybridized carbons (Fsp3) is 0.120. The van der Waals surface area contributed by atoms with E-state index < -0.39 is 5.97 Å². The lowest BCUT2D eigenvalue weighted by Gasteiger charge is -2.07. The number of carbonyl (C=O) groups excluding carboxylic acids is 2. The van der Waals surface area contributed by atoms with E-state index in [0.717, 1.165) is 0 Å². The summed E-state index contributed by atoms with van der Waals surface area (Å²) in [5.41, 5.74) is 2.27. The number of hydrogen-bond donors (Lipinski definition) is 1. The minimum Gasteiger partial charge on any atom is -0.465 e. The van der Waals surface area contributed by atoms with Gasteiger partial charge in [-0.1, -0.05) is 24.0 Å². The quantitative estimate of drug-likeness (QED) is 0.365. The number of aryl methyl sites for hydroxylation is 1. The first-order valence-corrected chi connectivity index (χ1v) is 10.9. The van der Waals surface area contributed by atoms with Crippen LogP contribution in [0.2, 0.25) is 0 Å². The van der Waals surface area contributed by atoms with Crippen LogP contribution in [0.25, 0.3) is 10.2 Å². The Bertz CT molecular complexity index is 1460. The summed E-state index contributed by atoms with van der Waals surface area (Å²) in [5.74, 6) is 5.40. The smallest absolute Gasteiger partial charge is 0.337 e. The summed E-state index contributed by atoms with van der Waals surface area (Å²) in [6.45, 7) is 0.236. The summed E-state index contributed by atoms with van der Waals surface area (Å²) in [6, 6.07) is 15.8. The molecule has 0 fully saturated rings. The average Bonchev–Trinajstić information content (AvgIpc) is 3.32. The van der Waals surface area contributed by atoms with Gasteiger partial charge in [-0.3, -0.25) is 14.2 Å². The molecule has 0 unspecified atom stereocenters. The summed E-state index contributed by atoms with van der Waals surface area (Å²) >= 11 is 1.41. The zero-order valence-electron chi connectivity index (χ0n) is 17.7. The number of aromatic nitrogens is 2. The number of ether oxygens (including phenoxy) is 1. The second-order valence-electron chi connectivity index (χ2n) is 7.08. The third-order valence-corrected chi connectivity index (χ3v) is 5.63. The topological polar surface area (TPSA) is 90.3 Å². The molecule has 33 heavy (non-hydrogen) atoms. The number of anilines is 1. The summed E-state index contributed by atoms with van der Waals surface area (Å²) in [4.78, 5) is 41.4. The van der Waals surface area contributed by atoms with Gasteiger partial charge in [0.15, 0.2) is 0 Å². The van der Waals surface area contributed by atoms with Crippen molar-refractivity contribution in [2.45, 2.75) is 13.0 Å². The molecule has 0 aliphatic rings. The molecular weight excluding hydrogens is 438 g/mol. The highest BCUT2D eigenvalue weighted by molar-refractivity contribution is 7.16. The summed E-state index contributed by atoms with van der Waals surface area (Å²) in [7, 11) is 1.33. The lowest BCUT2D eigenvalue weighted by atomic mass is 10.1. The van der Waals surface area contributed by atoms with Gasteiger partial charge in [-0.25, -0.2) is 9.78 Å². The van der Waals surface area contributed by atoms with Gasteiger partial charge in [-0.15, -0.1) is 11.3 Å². The molecule has 8 heteroatoms. The van der Waals surface area contributed by atoms with Crippen LogP contribution in [-0.2, 0) is 16.1 Å². The normalized spacial score (nSPS) is 10.3. The number of nitrogens with one attached hydrogen (secondary N) is 1. The zero-order chi connectivity index (χ0) is 23.2. The summed E-state index contributed by atoms with van der Waals surface area (Å²) in [5, 5.41) is 5.22. The Morgan fingerprint density at radius 3 is 2.64 bits per heavy atom. The molecule has 0 bridgehead atoms. The van der Waals surface area contributed by atoms with E-state index in [9.17, 15) is 14.4 Å². The maximum Gasteiger partial charge on any atom is 0.337 e. The molecule has 1 N–H and O–H groups in total. The van der Waals surface area contributed by atoms with Crippen LogP contribution in [0, 0.1) is 11.8 Å². The minimum atomic E-state index is -0.420. The van der Waals surface area contributed by atoms with Crippen molar-refractivity contribution in [3.05, 3.63) is 93.3 Å². The van der Waals surface area contributed by atoms with Crippen molar-refractivity contribution in [3.63, 3.8) is 0 Å². The van der Waals surface area contributed by atoms with E-state index in [4.69, 9.17) is 4.74 Å². The highest BCUT2D eigenvalue weighted by Crippen LogP contribution is 2.14. The van der Waals surface area contributed by atoms with Gasteiger partial charge in [0.05, 0.1) is 24.4 Å². The Balaban J connectivity index is 1.40. The van der Waals surface area contributed by atoms with Crippen LogP contribution in [0.5, 0.6) is 0 Å². The molecule has 4 rings (SSSR count). The molecule has 4 aromatic rings. The summed E-state index contributed by atoms with van der Waals surface area (Å²) in [6.07, 6.45) is 1.60. The Kier molecular flexibility index (Phi) is 6.62. The van der Waals surface area contributed by atoms with Gasteiger partial charge in [0.2, 0.25) is 5.91 Å². The van der Waals surface area contributed by atoms with Crippen LogP contribution in [0.3, 0.4) is 0 Å². The SMILES string of the molecule is COC(=O)c1cccc(C#Cc2cccc(NC(=O)CCn3cnc4sccc4c3=O)c2)c1. The molecule has 7 nitrogen and oxygen atoms in total. The number of fused-ring (bicyclic) bond motifs is 1. The fourth-order valence-corrected chi connectivity index (χ4v) is 3.88. The number of nitrogens with zero attached hydrogens (tertiary/aromatic N) is 2. The molecule has 0 spiro atoms. The van der Waals surface area contributed by atoms with Crippen molar-refractivity contribution < 1.29 is 14.3 Å². The monoisotopic (exact) mass is 457 g/mol. The molecule has 0 saturated heterocycles. The second kappa shape index (κ2) is 9.94. The van der Waals surface area contributed by atoms with E-state index in [1.165, 1.54) is 29.3 Å². The van der Waals surface area contributed by atoms with Gasteiger partial charge in [-0.2, -0.15) is 0 Å². The van der Waals surface area contributed by atoms with Gasteiger partial charge in [0.1, 0.15) is 4.83 Å². The van der Waals surface area contributed by atoms with Crippen LogP contribution in [-0.4, -0.2) is 28.5 Å². The number of esters is 1. The molecular formula is C25H19N3O4S. The van der Waals surface area contributed by atoms with E-state index in [2.05, 4.69) is 22.1 Å². The van der Waals surface area contributed by atoms with Crippen LogP contribution in [0.4, 0.5) is 5.69 Å². The van der Waals surface area contributed by atoms with Crippen molar-refractivity contribution >= 4 is 39.1 Å². The fourth-order valence-electron chi connectivity index (χ4n) is 3.16. The first kappa shape index (κ1) is 22.0. The first-order chi connectivity index (χ1) is 16.0. The van der Waals surface area contributed by atoms with Crippen LogP contribution in [0.1, 0.15) is 27.9 Å². The molecule has 1 amide bonds. The molecule has 164 valence electrons. The minimum absolute atomic E-state index is 0.132. The lowest BCUT2D eigenvalue weighted by Crippen LogP contribution is -2.23. The molecule has 0 aliphatic carbocycles. The van der Waals surface area contributed by atoms with Gasteiger partial charge in [0, 0.05) is 29.8 Å². The van der Waals surface area contributed by atoms with E-state index in [-0.39, 0.29) is 24.4 Å². The number of benzene rings is 2. The number of methoxy groups -OCH3 is 1. The molecule has 0 aliphatic heterocycles.